The van der Waals surface area contributed by atoms with Crippen LogP contribution in [0.15, 0.2) is 53.6 Å². The first-order valence-electron chi connectivity index (χ1n) is 9.25. The quantitative estimate of drug-likeness (QED) is 0.597. The van der Waals surface area contributed by atoms with Gasteiger partial charge in [-0.2, -0.15) is 4.31 Å². The van der Waals surface area contributed by atoms with E-state index in [1.165, 1.54) is 24.6 Å². The number of fused-ring (bicyclic) bond motifs is 1. The highest BCUT2D eigenvalue weighted by Crippen LogP contribution is 2.33. The summed E-state index contributed by atoms with van der Waals surface area (Å²) in [5, 5.41) is 0.644. The fourth-order valence-electron chi connectivity index (χ4n) is 3.36. The molecule has 4 rings (SSSR count). The van der Waals surface area contributed by atoms with E-state index in [1.807, 2.05) is 12.1 Å². The van der Waals surface area contributed by atoms with Crippen molar-refractivity contribution in [2.45, 2.75) is 17.9 Å². The summed E-state index contributed by atoms with van der Waals surface area (Å²) in [6, 6.07) is 12.0. The zero-order valence-corrected chi connectivity index (χ0v) is 18.1. The van der Waals surface area contributed by atoms with E-state index in [2.05, 4.69) is 9.97 Å². The van der Waals surface area contributed by atoms with E-state index in [0.717, 1.165) is 16.8 Å². The molecule has 1 aromatic heterocycles. The van der Waals surface area contributed by atoms with E-state index < -0.39 is 10.0 Å². The molecule has 3 aromatic rings. The third-order valence-electron chi connectivity index (χ3n) is 4.99. The number of rotatable bonds is 5. The van der Waals surface area contributed by atoms with Crippen LogP contribution in [0, 0.1) is 0 Å². The Kier molecular flexibility index (Phi) is 5.64. The molecule has 0 spiro atoms. The van der Waals surface area contributed by atoms with Crippen molar-refractivity contribution in [2.24, 2.45) is 0 Å². The summed E-state index contributed by atoms with van der Waals surface area (Å²) in [5.74, 6) is 1.31. The number of ether oxygens (including phenoxy) is 2. The molecule has 0 amide bonds. The topological polar surface area (TPSA) is 81.6 Å². The Bertz CT molecular complexity index is 1180. The van der Waals surface area contributed by atoms with E-state index in [4.69, 9.17) is 21.1 Å². The van der Waals surface area contributed by atoms with Crippen LogP contribution in [0.2, 0.25) is 5.02 Å². The van der Waals surface area contributed by atoms with Gasteiger partial charge in [0, 0.05) is 47.9 Å². The fourth-order valence-corrected chi connectivity index (χ4v) is 5.07. The molecule has 2 aromatic carbocycles. The van der Waals surface area contributed by atoms with Crippen molar-refractivity contribution in [3.05, 3.63) is 64.9 Å². The lowest BCUT2D eigenvalue weighted by atomic mass is 10.1. The van der Waals surface area contributed by atoms with Crippen molar-refractivity contribution in [1.29, 1.82) is 0 Å². The predicted octanol–water partition coefficient (Wildman–Crippen LogP) is 3.56. The lowest BCUT2D eigenvalue weighted by Gasteiger charge is -2.28. The number of nitrogens with zero attached hydrogens (tertiary/aromatic N) is 3. The van der Waals surface area contributed by atoms with Gasteiger partial charge in [-0.1, -0.05) is 11.6 Å². The van der Waals surface area contributed by atoms with Crippen molar-refractivity contribution in [2.75, 3.05) is 20.8 Å². The molecule has 30 heavy (non-hydrogen) atoms. The highest BCUT2D eigenvalue weighted by atomic mass is 35.5. The minimum Gasteiger partial charge on any atom is -0.497 e. The summed E-state index contributed by atoms with van der Waals surface area (Å²) in [5.41, 5.74) is 2.49. The van der Waals surface area contributed by atoms with Crippen molar-refractivity contribution >= 4 is 21.6 Å². The zero-order chi connectivity index (χ0) is 21.3. The minimum atomic E-state index is -3.79. The summed E-state index contributed by atoms with van der Waals surface area (Å²) in [6.45, 7) is 0.506. The molecule has 1 aliphatic heterocycles. The van der Waals surface area contributed by atoms with Gasteiger partial charge in [0.05, 0.1) is 19.9 Å². The third kappa shape index (κ3) is 3.86. The molecule has 0 bridgehead atoms. The minimum absolute atomic E-state index is 0.0755. The van der Waals surface area contributed by atoms with Gasteiger partial charge in [0.1, 0.15) is 16.4 Å². The van der Waals surface area contributed by atoms with Gasteiger partial charge >= 0.3 is 0 Å². The SMILES string of the molecule is COc1ccc(OC)c(S(=O)(=O)N2CCc3nc(-c4ccc(Cl)cc4)ncc3C2)c1. The smallest absolute Gasteiger partial charge is 0.247 e. The van der Waals surface area contributed by atoms with Crippen molar-refractivity contribution in [3.8, 4) is 22.9 Å². The Balaban J connectivity index is 1.63. The Morgan fingerprint density at radius 1 is 1.07 bits per heavy atom. The first-order valence-corrected chi connectivity index (χ1v) is 11.1. The summed E-state index contributed by atoms with van der Waals surface area (Å²) >= 11 is 5.94. The summed E-state index contributed by atoms with van der Waals surface area (Å²) in [4.78, 5) is 9.14. The van der Waals surface area contributed by atoms with Crippen molar-refractivity contribution < 1.29 is 17.9 Å². The molecule has 0 fully saturated rings. The maximum Gasteiger partial charge on any atom is 0.247 e. The van der Waals surface area contributed by atoms with Gasteiger partial charge in [0.15, 0.2) is 5.82 Å². The van der Waals surface area contributed by atoms with Gasteiger partial charge in [0.25, 0.3) is 0 Å². The van der Waals surface area contributed by atoms with Crippen molar-refractivity contribution in [3.63, 3.8) is 0 Å². The van der Waals surface area contributed by atoms with Crippen LogP contribution in [0.25, 0.3) is 11.4 Å². The van der Waals surface area contributed by atoms with E-state index in [-0.39, 0.29) is 17.2 Å². The maximum atomic E-state index is 13.3. The summed E-state index contributed by atoms with van der Waals surface area (Å²) in [6.07, 6.45) is 2.18. The standard InChI is InChI=1S/C21H20ClN3O4S/c1-28-17-7-8-19(29-2)20(11-17)30(26,27)25-10-9-18-15(13-25)12-23-21(24-18)14-3-5-16(22)6-4-14/h3-8,11-12H,9-10,13H2,1-2H3. The number of halogens is 1. The summed E-state index contributed by atoms with van der Waals surface area (Å²) < 4.78 is 38.5. The molecule has 9 heteroatoms. The molecule has 156 valence electrons. The first kappa shape index (κ1) is 20.6. The van der Waals surface area contributed by atoms with Crippen LogP contribution in [0.1, 0.15) is 11.3 Å². The molecule has 0 saturated heterocycles. The largest absolute Gasteiger partial charge is 0.497 e. The first-order chi connectivity index (χ1) is 14.4. The number of benzene rings is 2. The highest BCUT2D eigenvalue weighted by molar-refractivity contribution is 7.89. The number of aromatic nitrogens is 2. The van der Waals surface area contributed by atoms with Gasteiger partial charge in [-0.3, -0.25) is 0 Å². The number of sulfonamides is 1. The van der Waals surface area contributed by atoms with Gasteiger partial charge in [-0.05, 0) is 36.4 Å². The molecule has 1 aliphatic rings. The molecule has 0 atom stereocenters. The second-order valence-electron chi connectivity index (χ2n) is 6.78. The Morgan fingerprint density at radius 3 is 2.53 bits per heavy atom. The molecular weight excluding hydrogens is 426 g/mol. The van der Waals surface area contributed by atoms with Gasteiger partial charge < -0.3 is 9.47 Å². The highest BCUT2D eigenvalue weighted by Gasteiger charge is 2.32. The van der Waals surface area contributed by atoms with Crippen LogP contribution in [0.3, 0.4) is 0 Å². The van der Waals surface area contributed by atoms with E-state index >= 15 is 0 Å². The van der Waals surface area contributed by atoms with Crippen LogP contribution < -0.4 is 9.47 Å². The van der Waals surface area contributed by atoms with Crippen LogP contribution >= 0.6 is 11.6 Å². The van der Waals surface area contributed by atoms with Crippen LogP contribution in [0.4, 0.5) is 0 Å². The average Bonchev–Trinajstić information content (AvgIpc) is 2.78. The lowest BCUT2D eigenvalue weighted by Crippen LogP contribution is -2.36. The van der Waals surface area contributed by atoms with E-state index in [1.54, 1.807) is 30.5 Å². The van der Waals surface area contributed by atoms with E-state index in [0.29, 0.717) is 29.6 Å². The number of hydrogen-bond acceptors (Lipinski definition) is 6. The average molecular weight is 446 g/mol. The van der Waals surface area contributed by atoms with Gasteiger partial charge in [0.2, 0.25) is 10.0 Å². The monoisotopic (exact) mass is 445 g/mol. The Morgan fingerprint density at radius 2 is 1.83 bits per heavy atom. The van der Waals surface area contributed by atoms with Crippen LogP contribution in [0.5, 0.6) is 11.5 Å². The molecule has 0 saturated carbocycles. The fraction of sp³-hybridized carbons (Fsp3) is 0.238. The molecule has 0 aliphatic carbocycles. The van der Waals surface area contributed by atoms with Crippen LogP contribution in [-0.4, -0.2) is 43.5 Å². The Hall–Kier alpha value is -2.68. The maximum absolute atomic E-state index is 13.3. The molecule has 0 N–H and O–H groups in total. The number of methoxy groups -OCH3 is 2. The normalized spacial score (nSPS) is 14.2. The number of hydrogen-bond donors (Lipinski definition) is 0. The molecule has 7 nitrogen and oxygen atoms in total. The molecule has 0 radical (unpaired) electrons. The third-order valence-corrected chi connectivity index (χ3v) is 7.11. The zero-order valence-electron chi connectivity index (χ0n) is 16.5. The molecular formula is C21H20ClN3O4S. The predicted molar refractivity (Wildman–Crippen MR) is 113 cm³/mol. The molecule has 2 heterocycles. The Labute approximate surface area is 180 Å². The summed E-state index contributed by atoms with van der Waals surface area (Å²) in [7, 11) is -0.855. The van der Waals surface area contributed by atoms with Gasteiger partial charge in [-0.25, -0.2) is 18.4 Å². The second-order valence-corrected chi connectivity index (χ2v) is 9.12. The van der Waals surface area contributed by atoms with Crippen molar-refractivity contribution in [1.82, 2.24) is 14.3 Å². The van der Waals surface area contributed by atoms with E-state index in [9.17, 15) is 8.42 Å². The van der Waals surface area contributed by atoms with Gasteiger partial charge in [-0.15, -0.1) is 0 Å². The lowest BCUT2D eigenvalue weighted by molar-refractivity contribution is 0.371. The van der Waals surface area contributed by atoms with Crippen LogP contribution in [-0.2, 0) is 23.0 Å². The second kappa shape index (κ2) is 8.22. The molecule has 0 unspecified atom stereocenters.